The Kier molecular flexibility index (Phi) is 11.8. The molecular weight excluding hydrogens is 656 g/mol. The van der Waals surface area contributed by atoms with Gasteiger partial charge in [-0.3, -0.25) is 6.08 Å². The van der Waals surface area contributed by atoms with Crippen LogP contribution in [-0.4, -0.2) is 3.21 Å². The minimum Gasteiger partial charge on any atom is -0.273 e. The van der Waals surface area contributed by atoms with Crippen LogP contribution in [0.25, 0.3) is 11.1 Å². The minimum atomic E-state index is 0.177. The molecule has 0 fully saturated rings. The van der Waals surface area contributed by atoms with Gasteiger partial charge in [-0.15, -0.1) is 12.0 Å². The van der Waals surface area contributed by atoms with Gasteiger partial charge < -0.3 is 0 Å². The molecule has 1 heteroatoms. The van der Waals surface area contributed by atoms with Crippen molar-refractivity contribution in [3.05, 3.63) is 154 Å². The summed E-state index contributed by atoms with van der Waals surface area (Å²) in [6.07, 6.45) is 11.0. The molecule has 0 aliphatic heterocycles. The summed E-state index contributed by atoms with van der Waals surface area (Å²) in [6, 6.07) is 33.2. The standard InChI is InChI=1S/C21H25.C21H26.C5H5.Zr/c1-20(2,3)16-9-7-14-11-15-8-10-17(21(4,5)6)13-19(15)18(14)12-16;1-20(2,3)18-11-7-16(8-12-18)15-17-9-13-19(14-10-17)21(4,5)6;1-2-4-5-3-1;/h7,9-10,12-13H,11H2,1-6H3;7-14H,1-6H3;1-3H,4H2;/q-1;;-1;+2. The molecule has 4 aromatic carbocycles. The second-order valence-corrected chi connectivity index (χ2v) is 18.6. The smallest absolute Gasteiger partial charge is 0.109 e. The molecule has 2 aliphatic carbocycles. The number of hydrogen-bond donors (Lipinski definition) is 0. The van der Waals surface area contributed by atoms with E-state index in [0.29, 0.717) is 0 Å². The topological polar surface area (TPSA) is 0 Å². The first-order valence-corrected chi connectivity index (χ1v) is 18.7. The maximum Gasteiger partial charge on any atom is -0.109 e. The van der Waals surface area contributed by atoms with E-state index in [9.17, 15) is 0 Å². The van der Waals surface area contributed by atoms with Crippen LogP contribution in [0, 0.1) is 12.1 Å². The Morgan fingerprint density at radius 3 is 1.42 bits per heavy atom. The quantitative estimate of drug-likeness (QED) is 0.160. The van der Waals surface area contributed by atoms with Gasteiger partial charge in [0, 0.05) is 0 Å². The third-order valence-electron chi connectivity index (χ3n) is 9.19. The summed E-state index contributed by atoms with van der Waals surface area (Å²) in [5.74, 6) is 0. The van der Waals surface area contributed by atoms with Crippen LogP contribution in [0.2, 0.25) is 0 Å². The van der Waals surface area contributed by atoms with E-state index in [-0.39, 0.29) is 21.7 Å². The molecular formula is C47H56Zr. The zero-order valence-electron chi connectivity index (χ0n) is 31.7. The van der Waals surface area contributed by atoms with Crippen molar-refractivity contribution in [2.24, 2.45) is 0 Å². The minimum absolute atomic E-state index is 0.177. The molecule has 0 radical (unpaired) electrons. The zero-order valence-corrected chi connectivity index (χ0v) is 34.1. The van der Waals surface area contributed by atoms with Crippen molar-refractivity contribution in [3.63, 3.8) is 0 Å². The molecule has 0 spiro atoms. The van der Waals surface area contributed by atoms with Gasteiger partial charge in [-0.2, -0.15) is 35.4 Å². The molecule has 0 amide bonds. The maximum atomic E-state index is 3.53. The first-order chi connectivity index (χ1) is 22.2. The van der Waals surface area contributed by atoms with Gasteiger partial charge in [-0.25, -0.2) is 12.2 Å². The van der Waals surface area contributed by atoms with Crippen LogP contribution in [0.4, 0.5) is 0 Å². The summed E-state index contributed by atoms with van der Waals surface area (Å²) in [4.78, 5) is 0. The molecule has 0 unspecified atom stereocenters. The number of fused-ring (bicyclic) bond motifs is 3. The van der Waals surface area contributed by atoms with Crippen LogP contribution in [0.5, 0.6) is 0 Å². The van der Waals surface area contributed by atoms with Gasteiger partial charge in [0.25, 0.3) is 0 Å². The Labute approximate surface area is 308 Å². The molecule has 0 N–H and O–H groups in total. The van der Waals surface area contributed by atoms with E-state index < -0.39 is 0 Å². The van der Waals surface area contributed by atoms with E-state index in [4.69, 9.17) is 0 Å². The Balaban J connectivity index is 0.000000189. The van der Waals surface area contributed by atoms with Crippen LogP contribution in [0.1, 0.15) is 134 Å². The predicted molar refractivity (Wildman–Crippen MR) is 206 cm³/mol. The summed E-state index contributed by atoms with van der Waals surface area (Å²) in [6.45, 7) is 27.2. The summed E-state index contributed by atoms with van der Waals surface area (Å²) in [7, 11) is 0. The van der Waals surface area contributed by atoms with Crippen molar-refractivity contribution in [3.8, 4) is 11.1 Å². The van der Waals surface area contributed by atoms with Crippen LogP contribution in [0.15, 0.2) is 97.1 Å². The summed E-state index contributed by atoms with van der Waals surface area (Å²) < 4.78 is 1.42. The van der Waals surface area contributed by atoms with Crippen molar-refractivity contribution in [1.29, 1.82) is 0 Å². The fourth-order valence-corrected chi connectivity index (χ4v) is 6.58. The van der Waals surface area contributed by atoms with E-state index in [2.05, 4.69) is 180 Å². The van der Waals surface area contributed by atoms with Crippen LogP contribution in [0.3, 0.4) is 0 Å². The summed E-state index contributed by atoms with van der Waals surface area (Å²) in [5.41, 5.74) is 14.7. The molecule has 6 rings (SSSR count). The zero-order chi connectivity index (χ0) is 35.5. The van der Waals surface area contributed by atoms with Gasteiger partial charge in [0.2, 0.25) is 0 Å². The van der Waals surface area contributed by atoms with Crippen molar-refractivity contribution >= 4 is 3.21 Å². The molecule has 2 aliphatic rings. The average Bonchev–Trinajstić information content (AvgIpc) is 3.71. The van der Waals surface area contributed by atoms with Crippen LogP contribution >= 0.6 is 0 Å². The van der Waals surface area contributed by atoms with Gasteiger partial charge >= 0.3 is 151 Å². The van der Waals surface area contributed by atoms with E-state index >= 15 is 0 Å². The Morgan fingerprint density at radius 1 is 0.562 bits per heavy atom. The molecule has 0 saturated heterocycles. The molecule has 4 aromatic rings. The number of rotatable bonds is 2. The Bertz CT molecular complexity index is 1630. The van der Waals surface area contributed by atoms with Gasteiger partial charge in [-0.1, -0.05) is 76.3 Å². The maximum absolute atomic E-state index is 3.53. The first kappa shape index (κ1) is 37.9. The molecule has 0 heterocycles. The van der Waals surface area contributed by atoms with Gasteiger partial charge in [0.05, 0.1) is 0 Å². The second kappa shape index (κ2) is 14.9. The summed E-state index contributed by atoms with van der Waals surface area (Å²) >= 11 is 1.46. The Morgan fingerprint density at radius 2 is 1.02 bits per heavy atom. The third-order valence-corrected chi connectivity index (χ3v) is 10.6. The fourth-order valence-electron chi connectivity index (χ4n) is 5.77. The summed E-state index contributed by atoms with van der Waals surface area (Å²) in [5, 5.41) is 0. The van der Waals surface area contributed by atoms with Gasteiger partial charge in [0.15, 0.2) is 0 Å². The molecule has 248 valence electrons. The fraction of sp³-hybridized carbons (Fsp3) is 0.383. The Hall–Kier alpha value is -2.89. The van der Waals surface area contributed by atoms with E-state index in [1.165, 1.54) is 83.1 Å². The number of hydrogen-bond acceptors (Lipinski definition) is 0. The largest absolute Gasteiger partial charge is 0.273 e. The molecule has 0 aromatic heterocycles. The SMILES string of the molecule is CC(C)(C)c1c[c-]c2c(c1)-c1cc(C(C)(C)C)ccc1C2.CC(C)(C)c1ccc([C](=[Zr+2])c2ccc(C(C)(C)C)cc2)cc1.[C-]1=CC=CC1. The molecule has 0 nitrogen and oxygen atoms in total. The van der Waals surface area contributed by atoms with E-state index in [1.807, 2.05) is 12.2 Å². The monoisotopic (exact) mass is 710 g/mol. The average molecular weight is 712 g/mol. The molecule has 0 saturated carbocycles. The third kappa shape index (κ3) is 9.85. The number of allylic oxidation sites excluding steroid dienone is 4. The second-order valence-electron chi connectivity index (χ2n) is 17.4. The van der Waals surface area contributed by atoms with Crippen molar-refractivity contribution in [1.82, 2.24) is 0 Å². The van der Waals surface area contributed by atoms with Crippen LogP contribution < -0.4 is 0 Å². The first-order valence-electron chi connectivity index (χ1n) is 17.5. The van der Waals surface area contributed by atoms with Crippen LogP contribution in [-0.2, 0) is 52.3 Å². The number of benzene rings is 4. The normalized spacial score (nSPS) is 13.6. The van der Waals surface area contributed by atoms with E-state index in [1.54, 1.807) is 0 Å². The van der Waals surface area contributed by atoms with Crippen molar-refractivity contribution < 1.29 is 24.2 Å². The molecule has 48 heavy (non-hydrogen) atoms. The van der Waals surface area contributed by atoms with Gasteiger partial charge in [0.1, 0.15) is 0 Å². The van der Waals surface area contributed by atoms with Crippen molar-refractivity contribution in [2.45, 2.75) is 118 Å². The predicted octanol–water partition coefficient (Wildman–Crippen LogP) is 12.4. The molecule has 0 atom stereocenters. The van der Waals surface area contributed by atoms with Gasteiger partial charge in [-0.05, 0) is 17.4 Å². The molecule has 0 bridgehead atoms. The van der Waals surface area contributed by atoms with Crippen molar-refractivity contribution in [2.75, 3.05) is 0 Å². The van der Waals surface area contributed by atoms with E-state index in [0.717, 1.165) is 12.8 Å².